The Kier molecular flexibility index (Phi) is 7.42. The summed E-state index contributed by atoms with van der Waals surface area (Å²) in [4.78, 5) is 29.6. The Labute approximate surface area is 199 Å². The van der Waals surface area contributed by atoms with Gasteiger partial charge < -0.3 is 19.9 Å². The second-order valence-corrected chi connectivity index (χ2v) is 9.70. The molecule has 2 aliphatic heterocycles. The van der Waals surface area contributed by atoms with Gasteiger partial charge in [0.15, 0.2) is 0 Å². The third-order valence-corrected chi connectivity index (χ3v) is 7.94. The molecule has 1 aliphatic carbocycles. The number of benzene rings is 1. The van der Waals surface area contributed by atoms with Gasteiger partial charge in [0.1, 0.15) is 0 Å². The summed E-state index contributed by atoms with van der Waals surface area (Å²) in [5, 5.41) is 3.24. The lowest BCUT2D eigenvalue weighted by molar-refractivity contribution is -0.116. The molecular formula is C27H41N3O3. The van der Waals surface area contributed by atoms with Gasteiger partial charge in [0, 0.05) is 37.6 Å². The number of hydrogen-bond donors (Lipinski definition) is 1. The van der Waals surface area contributed by atoms with E-state index in [2.05, 4.69) is 48.3 Å². The molecule has 6 nitrogen and oxygen atoms in total. The Hall–Kier alpha value is -2.34. The van der Waals surface area contributed by atoms with E-state index in [0.29, 0.717) is 12.6 Å². The number of allylic oxidation sites excluding steroid dienone is 1. The number of nitrogens with one attached hydrogen (secondary N) is 1. The van der Waals surface area contributed by atoms with Crippen molar-refractivity contribution in [2.45, 2.75) is 76.8 Å². The van der Waals surface area contributed by atoms with Crippen LogP contribution in [0.2, 0.25) is 0 Å². The zero-order chi connectivity index (χ0) is 23.4. The van der Waals surface area contributed by atoms with E-state index in [0.717, 1.165) is 75.8 Å². The third-order valence-electron chi connectivity index (χ3n) is 7.94. The van der Waals surface area contributed by atoms with Crippen LogP contribution in [0.1, 0.15) is 71.8 Å². The Morgan fingerprint density at radius 3 is 2.39 bits per heavy atom. The zero-order valence-electron chi connectivity index (χ0n) is 20.4. The predicted octanol–water partition coefficient (Wildman–Crippen LogP) is 4.59. The van der Waals surface area contributed by atoms with E-state index in [1.807, 2.05) is 17.9 Å². The summed E-state index contributed by atoms with van der Waals surface area (Å²) in [6, 6.07) is 9.23. The van der Waals surface area contributed by atoms with Crippen molar-refractivity contribution < 1.29 is 15.8 Å². The summed E-state index contributed by atoms with van der Waals surface area (Å²) in [5.41, 5.74) is 3.24. The van der Waals surface area contributed by atoms with Gasteiger partial charge in [-0.25, -0.2) is 4.79 Å². The van der Waals surface area contributed by atoms with Crippen LogP contribution in [-0.4, -0.2) is 66.7 Å². The lowest BCUT2D eigenvalue weighted by Crippen LogP contribution is -2.51. The van der Waals surface area contributed by atoms with Crippen LogP contribution < -0.4 is 5.32 Å². The average Bonchev–Trinajstić information content (AvgIpc) is 3.17. The van der Waals surface area contributed by atoms with E-state index in [9.17, 15) is 9.59 Å². The van der Waals surface area contributed by atoms with Gasteiger partial charge in [0.2, 0.25) is 0 Å². The van der Waals surface area contributed by atoms with Gasteiger partial charge >= 0.3 is 6.09 Å². The van der Waals surface area contributed by atoms with Crippen LogP contribution in [-0.2, 0) is 14.9 Å². The van der Waals surface area contributed by atoms with Gasteiger partial charge in [-0.05, 0) is 69.7 Å². The molecule has 3 aliphatic rings. The molecule has 0 atom stereocenters. The minimum Gasteiger partial charge on any atom is -0.450 e. The summed E-state index contributed by atoms with van der Waals surface area (Å²) < 4.78 is 5.16. The van der Waals surface area contributed by atoms with E-state index in [-0.39, 0.29) is 24.9 Å². The zero-order valence-corrected chi connectivity index (χ0v) is 20.4. The van der Waals surface area contributed by atoms with Gasteiger partial charge in [0.05, 0.1) is 6.61 Å². The fraction of sp³-hybridized carbons (Fsp3) is 0.630. The van der Waals surface area contributed by atoms with E-state index >= 15 is 0 Å². The van der Waals surface area contributed by atoms with Crippen molar-refractivity contribution in [3.8, 4) is 0 Å². The van der Waals surface area contributed by atoms with Crippen LogP contribution in [0.3, 0.4) is 0 Å². The highest BCUT2D eigenvalue weighted by Crippen LogP contribution is 2.47. The molecule has 1 aromatic rings. The Morgan fingerprint density at radius 1 is 1.09 bits per heavy atom. The molecule has 2 fully saturated rings. The molecule has 2 amide bonds. The normalized spacial score (nSPS) is 20.6. The van der Waals surface area contributed by atoms with Crippen molar-refractivity contribution >= 4 is 17.6 Å². The van der Waals surface area contributed by atoms with Crippen LogP contribution in [0.4, 0.5) is 4.79 Å². The number of piperidine rings is 2. The molecule has 182 valence electrons. The number of carbonyl (C=O) groups is 2. The predicted molar refractivity (Wildman–Crippen MR) is 133 cm³/mol. The molecule has 1 N–H and O–H groups in total. The maximum Gasteiger partial charge on any atom is 0.409 e. The summed E-state index contributed by atoms with van der Waals surface area (Å²) in [7, 11) is 0. The smallest absolute Gasteiger partial charge is 0.409 e. The molecule has 1 aromatic carbocycles. The standard InChI is InChI=1S/C27H39N3O3.H2/c1-4-20(5-2)28-25(31)23-19-27(24-10-8-7-9-22(23)24)13-17-29(18-14-27)21-11-15-30(16-12-21)26(32)33-6-3;/h7-10,19-21H,4-6,11-18H2,1-3H3,(H,28,31);1H. The van der Waals surface area contributed by atoms with Crippen molar-refractivity contribution in [3.63, 3.8) is 0 Å². The van der Waals surface area contributed by atoms with Gasteiger partial charge in [-0.15, -0.1) is 0 Å². The maximum atomic E-state index is 13.2. The molecule has 0 bridgehead atoms. The molecule has 0 saturated carbocycles. The number of hydrogen-bond acceptors (Lipinski definition) is 4. The van der Waals surface area contributed by atoms with Crippen LogP contribution in [0.5, 0.6) is 0 Å². The number of fused-ring (bicyclic) bond motifs is 2. The van der Waals surface area contributed by atoms with Crippen LogP contribution in [0.15, 0.2) is 30.3 Å². The van der Waals surface area contributed by atoms with E-state index in [4.69, 9.17) is 4.74 Å². The van der Waals surface area contributed by atoms with E-state index < -0.39 is 0 Å². The molecule has 0 aromatic heterocycles. The van der Waals surface area contributed by atoms with Crippen molar-refractivity contribution in [2.75, 3.05) is 32.8 Å². The first kappa shape index (κ1) is 23.8. The summed E-state index contributed by atoms with van der Waals surface area (Å²) in [5.74, 6) is 0.0711. The second kappa shape index (κ2) is 10.3. The molecule has 2 saturated heterocycles. The molecular weight excluding hydrogens is 414 g/mol. The van der Waals surface area contributed by atoms with Crippen molar-refractivity contribution in [1.29, 1.82) is 0 Å². The minimum atomic E-state index is -0.180. The van der Waals surface area contributed by atoms with Crippen molar-refractivity contribution in [1.82, 2.24) is 15.1 Å². The fourth-order valence-electron chi connectivity index (χ4n) is 5.86. The first-order valence-electron chi connectivity index (χ1n) is 12.8. The average molecular weight is 456 g/mol. The quantitative estimate of drug-likeness (QED) is 0.682. The monoisotopic (exact) mass is 455 g/mol. The first-order valence-corrected chi connectivity index (χ1v) is 12.8. The number of rotatable bonds is 6. The highest BCUT2D eigenvalue weighted by Gasteiger charge is 2.43. The lowest BCUT2D eigenvalue weighted by Gasteiger charge is -2.44. The van der Waals surface area contributed by atoms with Crippen LogP contribution >= 0.6 is 0 Å². The molecule has 6 heteroatoms. The topological polar surface area (TPSA) is 61.9 Å². The number of ether oxygens (including phenoxy) is 1. The van der Waals surface area contributed by atoms with Crippen LogP contribution in [0, 0.1) is 0 Å². The molecule has 0 unspecified atom stereocenters. The van der Waals surface area contributed by atoms with E-state index in [1.54, 1.807) is 0 Å². The molecule has 33 heavy (non-hydrogen) atoms. The molecule has 2 heterocycles. The maximum absolute atomic E-state index is 13.2. The molecule has 0 radical (unpaired) electrons. The SMILES string of the molecule is CCOC(=O)N1CCC(N2CCC3(C=C(C(=O)NC(CC)CC)c4ccccc43)CC2)CC1.[HH]. The van der Waals surface area contributed by atoms with E-state index in [1.165, 1.54) is 5.56 Å². The molecule has 1 spiro atoms. The lowest BCUT2D eigenvalue weighted by atomic mass is 9.74. The van der Waals surface area contributed by atoms with Crippen molar-refractivity contribution in [2.24, 2.45) is 0 Å². The van der Waals surface area contributed by atoms with Gasteiger partial charge in [-0.1, -0.05) is 44.2 Å². The number of carbonyl (C=O) groups excluding carboxylic acids is 2. The van der Waals surface area contributed by atoms with Crippen LogP contribution in [0.25, 0.3) is 5.57 Å². The Morgan fingerprint density at radius 2 is 1.76 bits per heavy atom. The number of likely N-dealkylation sites (tertiary alicyclic amines) is 2. The van der Waals surface area contributed by atoms with Gasteiger partial charge in [-0.3, -0.25) is 4.79 Å². The largest absolute Gasteiger partial charge is 0.450 e. The highest BCUT2D eigenvalue weighted by molar-refractivity contribution is 6.21. The summed E-state index contributed by atoms with van der Waals surface area (Å²) in [6.45, 7) is 10.1. The third kappa shape index (κ3) is 4.81. The number of amides is 2. The summed E-state index contributed by atoms with van der Waals surface area (Å²) in [6.07, 6.45) is 8.06. The Bertz CT molecular complexity index is 883. The second-order valence-electron chi connectivity index (χ2n) is 9.70. The Balaban J connectivity index is 0.00000324. The fourth-order valence-corrected chi connectivity index (χ4v) is 5.86. The van der Waals surface area contributed by atoms with Gasteiger partial charge in [0.25, 0.3) is 5.91 Å². The minimum absolute atomic E-state index is 0. The first-order chi connectivity index (χ1) is 16.0. The van der Waals surface area contributed by atoms with Crippen molar-refractivity contribution in [3.05, 3.63) is 41.5 Å². The highest BCUT2D eigenvalue weighted by atomic mass is 16.6. The number of nitrogens with zero attached hydrogens (tertiary/aromatic N) is 2. The summed E-state index contributed by atoms with van der Waals surface area (Å²) >= 11 is 0. The molecule has 4 rings (SSSR count). The van der Waals surface area contributed by atoms with Gasteiger partial charge in [-0.2, -0.15) is 0 Å².